The number of nitro groups is 1. The van der Waals surface area contributed by atoms with E-state index in [2.05, 4.69) is 9.05 Å². The summed E-state index contributed by atoms with van der Waals surface area (Å²) in [5.74, 6) is -0.797. The van der Waals surface area contributed by atoms with Crippen LogP contribution >= 0.6 is 7.82 Å². The fraction of sp³-hybridized carbons (Fsp3) is 0.308. The molecule has 0 bridgehead atoms. The van der Waals surface area contributed by atoms with Crippen molar-refractivity contribution in [3.05, 3.63) is 51.8 Å². The van der Waals surface area contributed by atoms with E-state index in [-0.39, 0.29) is 18.1 Å². The van der Waals surface area contributed by atoms with Gasteiger partial charge in [0.05, 0.1) is 11.0 Å². The Bertz CT molecular complexity index is 649. The normalized spacial score (nSPS) is 11.9. The fourth-order valence-corrected chi connectivity index (χ4v) is 2.18. The molecule has 1 rings (SSSR count). The summed E-state index contributed by atoms with van der Waals surface area (Å²) in [5.41, 5.74) is 0.355. The summed E-state index contributed by atoms with van der Waals surface area (Å²) in [5, 5.41) is 10.6. The highest BCUT2D eigenvalue weighted by molar-refractivity contribution is 7.48. The average molecular weight is 345 g/mol. The standard InChI is InChI=1S/C13H16NO8P/c1-10(22-23(18,19-2)20-3)7-13(15)21-9-11-5-4-6-12(8-11)14(16)17/h4-8H,9H2,1-3H3/b10-7-. The van der Waals surface area contributed by atoms with Crippen molar-refractivity contribution in [2.24, 2.45) is 0 Å². The minimum absolute atomic E-state index is 0.0268. The monoisotopic (exact) mass is 345 g/mol. The molecule has 0 heterocycles. The smallest absolute Gasteiger partial charge is 0.458 e. The molecule has 0 aromatic heterocycles. The number of ether oxygens (including phenoxy) is 1. The highest BCUT2D eigenvalue weighted by Gasteiger charge is 2.24. The molecular formula is C13H16NO8P. The summed E-state index contributed by atoms with van der Waals surface area (Å²) < 4.78 is 30.6. The second kappa shape index (κ2) is 8.42. The van der Waals surface area contributed by atoms with Crippen LogP contribution in [0.5, 0.6) is 0 Å². The molecule has 0 unspecified atom stereocenters. The van der Waals surface area contributed by atoms with Crippen LogP contribution in [0.1, 0.15) is 12.5 Å². The number of nitrogens with zero attached hydrogens (tertiary/aromatic N) is 1. The SMILES string of the molecule is COP(=O)(OC)O/C(C)=C\C(=O)OCc1cccc([N+](=O)[O-])c1. The van der Waals surface area contributed by atoms with Crippen LogP contribution in [-0.2, 0) is 34.3 Å². The van der Waals surface area contributed by atoms with Crippen LogP contribution in [0, 0.1) is 10.1 Å². The molecule has 0 fully saturated rings. The third-order valence-electron chi connectivity index (χ3n) is 2.53. The fourth-order valence-electron chi connectivity index (χ4n) is 1.47. The number of phosphoric ester groups is 1. The second-order valence-electron chi connectivity index (χ2n) is 4.19. The van der Waals surface area contributed by atoms with E-state index in [0.29, 0.717) is 5.56 Å². The van der Waals surface area contributed by atoms with Crippen LogP contribution in [0.25, 0.3) is 0 Å². The van der Waals surface area contributed by atoms with Gasteiger partial charge in [0.2, 0.25) is 0 Å². The molecule has 0 amide bonds. The summed E-state index contributed by atoms with van der Waals surface area (Å²) in [6, 6.07) is 5.69. The first kappa shape index (κ1) is 18.8. The largest absolute Gasteiger partial charge is 0.529 e. The maximum absolute atomic E-state index is 11.7. The zero-order chi connectivity index (χ0) is 17.5. The predicted molar refractivity (Wildman–Crippen MR) is 79.4 cm³/mol. The lowest BCUT2D eigenvalue weighted by Crippen LogP contribution is -2.03. The molecule has 0 atom stereocenters. The minimum Gasteiger partial charge on any atom is -0.458 e. The molecule has 23 heavy (non-hydrogen) atoms. The first-order valence-corrected chi connectivity index (χ1v) is 7.75. The van der Waals surface area contributed by atoms with Crippen LogP contribution in [0.3, 0.4) is 0 Å². The van der Waals surface area contributed by atoms with Crippen molar-refractivity contribution in [3.63, 3.8) is 0 Å². The van der Waals surface area contributed by atoms with Crippen LogP contribution in [0.15, 0.2) is 36.1 Å². The molecule has 0 N–H and O–H groups in total. The summed E-state index contributed by atoms with van der Waals surface area (Å²) >= 11 is 0. The Balaban J connectivity index is 2.63. The topological polar surface area (TPSA) is 114 Å². The average Bonchev–Trinajstić information content (AvgIpc) is 2.52. The van der Waals surface area contributed by atoms with Gasteiger partial charge in [0.25, 0.3) is 5.69 Å². The van der Waals surface area contributed by atoms with Gasteiger partial charge in [-0.3, -0.25) is 19.2 Å². The predicted octanol–water partition coefficient (Wildman–Crippen LogP) is 2.96. The first-order chi connectivity index (χ1) is 10.8. The molecular weight excluding hydrogens is 329 g/mol. The zero-order valence-electron chi connectivity index (χ0n) is 12.8. The maximum Gasteiger partial charge on any atom is 0.529 e. The van der Waals surface area contributed by atoms with Crippen molar-refractivity contribution in [2.75, 3.05) is 14.2 Å². The van der Waals surface area contributed by atoms with Gasteiger partial charge in [-0.05, 0) is 12.5 Å². The third-order valence-corrected chi connectivity index (χ3v) is 3.93. The number of allylic oxidation sites excluding steroid dienone is 1. The molecule has 0 spiro atoms. The summed E-state index contributed by atoms with van der Waals surface area (Å²) in [6.07, 6.45) is 0.960. The van der Waals surface area contributed by atoms with E-state index in [1.807, 2.05) is 0 Å². The Kier molecular flexibility index (Phi) is 6.89. The molecule has 10 heteroatoms. The van der Waals surface area contributed by atoms with E-state index in [0.717, 1.165) is 20.3 Å². The third kappa shape index (κ3) is 6.19. The molecule has 0 aliphatic carbocycles. The highest BCUT2D eigenvalue weighted by Crippen LogP contribution is 2.49. The number of benzene rings is 1. The van der Waals surface area contributed by atoms with Crippen molar-refractivity contribution < 1.29 is 32.6 Å². The van der Waals surface area contributed by atoms with Crippen molar-refractivity contribution in [3.8, 4) is 0 Å². The summed E-state index contributed by atoms with van der Waals surface area (Å²) in [4.78, 5) is 21.7. The van der Waals surface area contributed by atoms with E-state index in [1.165, 1.54) is 25.1 Å². The van der Waals surface area contributed by atoms with Gasteiger partial charge < -0.3 is 9.26 Å². The molecule has 0 saturated carbocycles. The molecule has 1 aromatic rings. The van der Waals surface area contributed by atoms with Crippen molar-refractivity contribution >= 4 is 19.5 Å². The Morgan fingerprint density at radius 3 is 2.57 bits per heavy atom. The summed E-state index contributed by atoms with van der Waals surface area (Å²) in [6.45, 7) is 1.22. The number of phosphoric acid groups is 1. The number of hydrogen-bond donors (Lipinski definition) is 0. The van der Waals surface area contributed by atoms with Crippen LogP contribution in [-0.4, -0.2) is 25.1 Å². The van der Waals surface area contributed by atoms with E-state index in [1.54, 1.807) is 6.07 Å². The van der Waals surface area contributed by atoms with E-state index >= 15 is 0 Å². The van der Waals surface area contributed by atoms with Crippen molar-refractivity contribution in [1.29, 1.82) is 0 Å². The lowest BCUT2D eigenvalue weighted by Gasteiger charge is -2.14. The van der Waals surface area contributed by atoms with E-state index in [9.17, 15) is 19.5 Å². The van der Waals surface area contributed by atoms with E-state index in [4.69, 9.17) is 9.26 Å². The van der Waals surface area contributed by atoms with Crippen molar-refractivity contribution in [1.82, 2.24) is 0 Å². The molecule has 126 valence electrons. The Labute approximate surface area is 132 Å². The summed E-state index contributed by atoms with van der Waals surface area (Å²) in [7, 11) is -1.46. The Morgan fingerprint density at radius 2 is 2.00 bits per heavy atom. The molecule has 1 aromatic carbocycles. The molecule has 0 saturated heterocycles. The van der Waals surface area contributed by atoms with Crippen LogP contribution < -0.4 is 0 Å². The molecule has 0 aliphatic heterocycles. The van der Waals surface area contributed by atoms with Gasteiger partial charge >= 0.3 is 13.8 Å². The number of carbonyl (C=O) groups excluding carboxylic acids is 1. The van der Waals surface area contributed by atoms with Crippen LogP contribution in [0.2, 0.25) is 0 Å². The van der Waals surface area contributed by atoms with Gasteiger partial charge in [-0.15, -0.1) is 0 Å². The van der Waals surface area contributed by atoms with Gasteiger partial charge in [0.15, 0.2) is 0 Å². The number of hydrogen-bond acceptors (Lipinski definition) is 8. The number of nitro benzene ring substituents is 1. The van der Waals surface area contributed by atoms with E-state index < -0.39 is 18.7 Å². The van der Waals surface area contributed by atoms with Gasteiger partial charge in [0, 0.05) is 26.4 Å². The minimum atomic E-state index is -3.74. The number of carbonyl (C=O) groups is 1. The molecule has 9 nitrogen and oxygen atoms in total. The highest BCUT2D eigenvalue weighted by atomic mass is 31.2. The Morgan fingerprint density at radius 1 is 1.35 bits per heavy atom. The first-order valence-electron chi connectivity index (χ1n) is 6.29. The second-order valence-corrected chi connectivity index (χ2v) is 6.00. The lowest BCUT2D eigenvalue weighted by molar-refractivity contribution is -0.384. The van der Waals surface area contributed by atoms with Gasteiger partial charge in [-0.1, -0.05) is 12.1 Å². The molecule has 0 radical (unpaired) electrons. The van der Waals surface area contributed by atoms with Gasteiger partial charge in [-0.2, -0.15) is 0 Å². The zero-order valence-corrected chi connectivity index (χ0v) is 13.6. The lowest BCUT2D eigenvalue weighted by atomic mass is 10.2. The van der Waals surface area contributed by atoms with Crippen LogP contribution in [0.4, 0.5) is 5.69 Å². The quantitative estimate of drug-likeness (QED) is 0.176. The number of non-ortho nitro benzene ring substituents is 1. The number of rotatable bonds is 8. The van der Waals surface area contributed by atoms with Gasteiger partial charge in [-0.25, -0.2) is 9.36 Å². The number of esters is 1. The maximum atomic E-state index is 11.7. The van der Waals surface area contributed by atoms with Crippen molar-refractivity contribution in [2.45, 2.75) is 13.5 Å². The molecule has 0 aliphatic rings. The van der Waals surface area contributed by atoms with Gasteiger partial charge in [0.1, 0.15) is 12.4 Å². The Hall–Kier alpha value is -2.22.